The van der Waals surface area contributed by atoms with Crippen molar-refractivity contribution in [2.75, 3.05) is 0 Å². The molecule has 0 radical (unpaired) electrons. The van der Waals surface area contributed by atoms with Crippen LogP contribution in [0.5, 0.6) is 0 Å². The molecule has 0 amide bonds. The number of hydrogen-bond donors (Lipinski definition) is 0. The molecule has 0 aliphatic rings. The zero-order valence-electron chi connectivity index (χ0n) is 16.1. The molecule has 0 spiro atoms. The van der Waals surface area contributed by atoms with Crippen LogP contribution in [0.1, 0.15) is 25.3 Å². The van der Waals surface area contributed by atoms with Crippen LogP contribution < -0.4 is 4.40 Å². The molecule has 4 rings (SSSR count). The number of benzene rings is 2. The molecular formula is C23H25GeNS. The van der Waals surface area contributed by atoms with Crippen molar-refractivity contribution < 1.29 is 0 Å². The summed E-state index contributed by atoms with van der Waals surface area (Å²) in [5, 5.41) is 2.73. The van der Waals surface area contributed by atoms with Gasteiger partial charge >= 0.3 is 163 Å². The van der Waals surface area contributed by atoms with Crippen molar-refractivity contribution in [3.05, 3.63) is 60.3 Å². The molecule has 26 heavy (non-hydrogen) atoms. The SMILES string of the molecule is CC(C)c1ccnc(-c2ccc3sc4c[c]([Ge]([CH3])([CH3])[CH3])ccc4c3c2)c1. The van der Waals surface area contributed by atoms with Crippen molar-refractivity contribution in [1.82, 2.24) is 4.98 Å². The summed E-state index contributed by atoms with van der Waals surface area (Å²) in [6.07, 6.45) is 1.93. The molecule has 0 aliphatic carbocycles. The van der Waals surface area contributed by atoms with Gasteiger partial charge in [0.1, 0.15) is 0 Å². The molecule has 0 unspecified atom stereocenters. The number of fused-ring (bicyclic) bond motifs is 3. The van der Waals surface area contributed by atoms with Crippen molar-refractivity contribution >= 4 is 49.2 Å². The van der Waals surface area contributed by atoms with Crippen LogP contribution in [0.15, 0.2) is 54.7 Å². The Morgan fingerprint density at radius 1 is 0.846 bits per heavy atom. The van der Waals surface area contributed by atoms with Crippen molar-refractivity contribution in [1.29, 1.82) is 0 Å². The summed E-state index contributed by atoms with van der Waals surface area (Å²) in [5.74, 6) is 7.89. The minimum absolute atomic E-state index is 0.518. The van der Waals surface area contributed by atoms with Crippen LogP contribution in [0.4, 0.5) is 0 Å². The van der Waals surface area contributed by atoms with Crippen LogP contribution >= 0.6 is 11.3 Å². The number of aromatic nitrogens is 1. The summed E-state index contributed by atoms with van der Waals surface area (Å²) in [4.78, 5) is 4.62. The second kappa shape index (κ2) is 6.50. The molecule has 132 valence electrons. The molecule has 2 heterocycles. The second-order valence-corrected chi connectivity index (χ2v) is 20.1. The van der Waals surface area contributed by atoms with Gasteiger partial charge in [0.05, 0.1) is 0 Å². The molecule has 0 N–H and O–H groups in total. The summed E-state index contributed by atoms with van der Waals surface area (Å²) in [5.41, 5.74) is 3.61. The molecule has 0 aliphatic heterocycles. The first-order valence-electron chi connectivity index (χ1n) is 9.26. The Morgan fingerprint density at radius 3 is 2.38 bits per heavy atom. The third kappa shape index (κ3) is 3.21. The van der Waals surface area contributed by atoms with Gasteiger partial charge in [0.2, 0.25) is 0 Å². The molecule has 3 heteroatoms. The van der Waals surface area contributed by atoms with E-state index < -0.39 is 13.3 Å². The first-order chi connectivity index (χ1) is 12.3. The van der Waals surface area contributed by atoms with E-state index in [1.54, 1.807) is 4.40 Å². The normalized spacial score (nSPS) is 12.4. The maximum absolute atomic E-state index is 4.62. The van der Waals surface area contributed by atoms with Crippen LogP contribution in [0.3, 0.4) is 0 Å². The molecule has 0 saturated carbocycles. The van der Waals surface area contributed by atoms with Crippen LogP contribution in [-0.4, -0.2) is 18.3 Å². The molecule has 0 fully saturated rings. The monoisotopic (exact) mass is 421 g/mol. The topological polar surface area (TPSA) is 12.9 Å². The average molecular weight is 420 g/mol. The zero-order valence-corrected chi connectivity index (χ0v) is 19.0. The number of hydrogen-bond acceptors (Lipinski definition) is 2. The van der Waals surface area contributed by atoms with Crippen molar-refractivity contribution in [2.24, 2.45) is 0 Å². The van der Waals surface area contributed by atoms with Gasteiger partial charge in [0.15, 0.2) is 0 Å². The third-order valence-electron chi connectivity index (χ3n) is 5.08. The fraction of sp³-hybridized carbons (Fsp3) is 0.261. The molecule has 2 aromatic carbocycles. The van der Waals surface area contributed by atoms with Crippen molar-refractivity contribution in [3.63, 3.8) is 0 Å². The molecule has 1 nitrogen and oxygen atoms in total. The maximum atomic E-state index is 4.62. The van der Waals surface area contributed by atoms with Crippen LogP contribution in [0, 0.1) is 0 Å². The summed E-state index contributed by atoms with van der Waals surface area (Å²) in [7, 11) is 0. The van der Waals surface area contributed by atoms with Gasteiger partial charge in [-0.3, -0.25) is 0 Å². The zero-order chi connectivity index (χ0) is 18.5. The van der Waals surface area contributed by atoms with Gasteiger partial charge in [-0.25, -0.2) is 0 Å². The second-order valence-electron chi connectivity index (χ2n) is 8.40. The summed E-state index contributed by atoms with van der Waals surface area (Å²) in [6.45, 7) is 4.46. The first-order valence-corrected chi connectivity index (χ1v) is 17.4. The van der Waals surface area contributed by atoms with E-state index in [0.717, 1.165) is 5.69 Å². The third-order valence-corrected chi connectivity index (χ3v) is 10.5. The van der Waals surface area contributed by atoms with Crippen LogP contribution in [0.2, 0.25) is 17.3 Å². The Kier molecular flexibility index (Phi) is 4.44. The Balaban J connectivity index is 1.87. The molecule has 4 aromatic rings. The molecule has 0 saturated heterocycles. The first kappa shape index (κ1) is 17.8. The van der Waals surface area contributed by atoms with Gasteiger partial charge in [-0.15, -0.1) is 0 Å². The molecular weight excluding hydrogens is 395 g/mol. The van der Waals surface area contributed by atoms with Crippen molar-refractivity contribution in [3.8, 4) is 11.3 Å². The van der Waals surface area contributed by atoms with E-state index in [1.165, 1.54) is 31.3 Å². The molecule has 0 atom stereocenters. The van der Waals surface area contributed by atoms with E-state index in [-0.39, 0.29) is 0 Å². The Bertz CT molecular complexity index is 1100. The van der Waals surface area contributed by atoms with Crippen LogP contribution in [-0.2, 0) is 0 Å². The van der Waals surface area contributed by atoms with E-state index in [0.29, 0.717) is 5.92 Å². The number of rotatable bonds is 3. The van der Waals surface area contributed by atoms with Gasteiger partial charge in [-0.05, 0) is 0 Å². The summed E-state index contributed by atoms with van der Waals surface area (Å²) in [6, 6.07) is 18.3. The number of pyridine rings is 1. The van der Waals surface area contributed by atoms with Gasteiger partial charge in [-0.2, -0.15) is 0 Å². The Hall–Kier alpha value is -1.65. The van der Waals surface area contributed by atoms with Crippen molar-refractivity contribution in [2.45, 2.75) is 37.0 Å². The fourth-order valence-electron chi connectivity index (χ4n) is 3.37. The Morgan fingerprint density at radius 2 is 1.65 bits per heavy atom. The number of thiophene rings is 1. The number of nitrogens with zero attached hydrogens (tertiary/aromatic N) is 1. The fourth-order valence-corrected chi connectivity index (χ4v) is 7.15. The molecule has 0 bridgehead atoms. The van der Waals surface area contributed by atoms with E-state index in [4.69, 9.17) is 0 Å². The average Bonchev–Trinajstić information content (AvgIpc) is 2.98. The van der Waals surface area contributed by atoms with Gasteiger partial charge in [-0.1, -0.05) is 0 Å². The predicted molar refractivity (Wildman–Crippen MR) is 120 cm³/mol. The van der Waals surface area contributed by atoms with E-state index in [9.17, 15) is 0 Å². The summed E-state index contributed by atoms with van der Waals surface area (Å²) >= 11 is 0.119. The van der Waals surface area contributed by atoms with Gasteiger partial charge in [0.25, 0.3) is 0 Å². The molecule has 2 aromatic heterocycles. The standard InChI is InChI=1S/C23H25GeNS/c1-15(2)16-10-11-25-21(13-16)17-6-9-22-20(12-17)19-8-7-18(24(3,4)5)14-23(19)26-22/h6-15H,1-5H3. The van der Waals surface area contributed by atoms with Crippen LogP contribution in [0.25, 0.3) is 31.4 Å². The van der Waals surface area contributed by atoms with Gasteiger partial charge < -0.3 is 0 Å². The minimum atomic E-state index is -1.79. The predicted octanol–water partition coefficient (Wildman–Crippen LogP) is 6.79. The van der Waals surface area contributed by atoms with E-state index in [2.05, 4.69) is 84.6 Å². The quantitative estimate of drug-likeness (QED) is 0.333. The Labute approximate surface area is 162 Å². The van der Waals surface area contributed by atoms with Gasteiger partial charge in [0, 0.05) is 0 Å². The van der Waals surface area contributed by atoms with E-state index >= 15 is 0 Å². The van der Waals surface area contributed by atoms with E-state index in [1.807, 2.05) is 17.5 Å². The summed E-state index contributed by atoms with van der Waals surface area (Å²) < 4.78 is 4.36.